The SMILES string of the molecule is O=P([O-])([O-])[O-].[Ni+3][CH2]c1ccccc1. The van der Waals surface area contributed by atoms with E-state index in [-0.39, 0.29) is 0 Å². The van der Waals surface area contributed by atoms with Crippen LogP contribution in [0.2, 0.25) is 0 Å². The van der Waals surface area contributed by atoms with E-state index >= 15 is 0 Å². The average Bonchev–Trinajstić information content (AvgIpc) is 2.03. The van der Waals surface area contributed by atoms with Gasteiger partial charge in [0.05, 0.1) is 0 Å². The first-order valence-corrected chi connectivity index (χ1v) is 5.38. The first-order chi connectivity index (χ1) is 5.93. The molecular formula is C7H7NiO4P. The minimum atomic E-state index is -5.39. The molecule has 0 atom stereocenters. The van der Waals surface area contributed by atoms with Crippen molar-refractivity contribution in [2.75, 3.05) is 0 Å². The maximum atomic E-state index is 8.55. The Balaban J connectivity index is 0.000000252. The summed E-state index contributed by atoms with van der Waals surface area (Å²) >= 11 is 4.55. The molecule has 0 saturated heterocycles. The molecule has 74 valence electrons. The van der Waals surface area contributed by atoms with E-state index in [9.17, 15) is 0 Å². The van der Waals surface area contributed by atoms with E-state index in [1.54, 1.807) is 0 Å². The molecule has 4 nitrogen and oxygen atoms in total. The summed E-state index contributed by atoms with van der Waals surface area (Å²) in [6.07, 6.45) is 0. The van der Waals surface area contributed by atoms with Crippen molar-refractivity contribution in [1.29, 1.82) is 0 Å². The summed E-state index contributed by atoms with van der Waals surface area (Å²) in [5, 5.41) is 0.765. The van der Waals surface area contributed by atoms with E-state index < -0.39 is 7.82 Å². The van der Waals surface area contributed by atoms with Crippen molar-refractivity contribution in [1.82, 2.24) is 0 Å². The number of benzene rings is 1. The molecule has 0 aliphatic rings. The Morgan fingerprint density at radius 3 is 1.77 bits per heavy atom. The van der Waals surface area contributed by atoms with Gasteiger partial charge in [0.25, 0.3) is 0 Å². The van der Waals surface area contributed by atoms with Crippen molar-refractivity contribution in [3.8, 4) is 0 Å². The normalized spacial score (nSPS) is 10.2. The van der Waals surface area contributed by atoms with Gasteiger partial charge in [-0.3, -0.25) is 0 Å². The number of rotatable bonds is 1. The molecule has 1 aromatic rings. The summed E-state index contributed by atoms with van der Waals surface area (Å²) in [5.74, 6) is 0. The summed E-state index contributed by atoms with van der Waals surface area (Å²) in [4.78, 5) is 25.6. The Bertz CT molecular complexity index is 263. The fourth-order valence-corrected chi connectivity index (χ4v) is 0.785. The number of phosphoric acid groups is 1. The third-order valence-electron chi connectivity index (χ3n) is 0.972. The van der Waals surface area contributed by atoms with E-state index in [2.05, 4.69) is 15.5 Å². The van der Waals surface area contributed by atoms with Gasteiger partial charge in [-0.25, -0.2) is 0 Å². The van der Waals surface area contributed by atoms with Crippen LogP contribution in [0.1, 0.15) is 5.56 Å². The van der Waals surface area contributed by atoms with Crippen LogP contribution in [0.25, 0.3) is 0 Å². The van der Waals surface area contributed by atoms with E-state index in [1.807, 2.05) is 30.3 Å². The Morgan fingerprint density at radius 2 is 1.54 bits per heavy atom. The zero-order valence-corrected chi connectivity index (χ0v) is 8.37. The predicted molar refractivity (Wildman–Crippen MR) is 37.8 cm³/mol. The van der Waals surface area contributed by atoms with Gasteiger partial charge in [0.2, 0.25) is 0 Å². The molecule has 0 saturated carbocycles. The van der Waals surface area contributed by atoms with Gasteiger partial charge in [0.15, 0.2) is 0 Å². The zero-order valence-electron chi connectivity index (χ0n) is 6.49. The summed E-state index contributed by atoms with van der Waals surface area (Å²) in [6, 6.07) is 10.1. The second kappa shape index (κ2) is 6.30. The quantitative estimate of drug-likeness (QED) is 0.464. The van der Waals surface area contributed by atoms with Crippen molar-refractivity contribution in [2.45, 2.75) is 5.39 Å². The minimum absolute atomic E-state index is 0.765. The first kappa shape index (κ1) is 12.8. The number of hydrogen-bond acceptors (Lipinski definition) is 4. The van der Waals surface area contributed by atoms with Crippen LogP contribution < -0.4 is 14.7 Å². The van der Waals surface area contributed by atoms with E-state index in [1.165, 1.54) is 5.56 Å². The second-order valence-electron chi connectivity index (χ2n) is 2.04. The van der Waals surface area contributed by atoms with Crippen LogP contribution in [-0.2, 0) is 25.4 Å². The zero-order chi connectivity index (χ0) is 10.3. The maximum absolute atomic E-state index is 8.55. The molecule has 0 aliphatic heterocycles. The molecule has 0 bridgehead atoms. The van der Waals surface area contributed by atoms with Gasteiger partial charge in [-0.1, -0.05) is 0 Å². The second-order valence-corrected chi connectivity index (χ2v) is 3.29. The molecule has 1 aromatic carbocycles. The van der Waals surface area contributed by atoms with Crippen molar-refractivity contribution >= 4 is 7.82 Å². The summed E-state index contributed by atoms with van der Waals surface area (Å²) in [5.41, 5.74) is 1.24. The van der Waals surface area contributed by atoms with E-state index in [0.717, 1.165) is 5.39 Å². The Morgan fingerprint density at radius 1 is 1.15 bits per heavy atom. The molecule has 0 heterocycles. The van der Waals surface area contributed by atoms with Crippen LogP contribution in [0.5, 0.6) is 0 Å². The topological polar surface area (TPSA) is 86.2 Å². The molecule has 1 rings (SSSR count). The predicted octanol–water partition coefficient (Wildman–Crippen LogP) is -1.09. The summed E-state index contributed by atoms with van der Waals surface area (Å²) < 4.78 is 8.55. The number of hydrogen-bond donors (Lipinski definition) is 0. The summed E-state index contributed by atoms with van der Waals surface area (Å²) in [6.45, 7) is 0. The standard InChI is InChI=1S/C7H7.Ni.H3O4P/c1-7-5-3-2-4-6-7;;1-5(2,3)4/h2-6H,1H2;;(H3,1,2,3,4)/q;+3;/p-3. The molecule has 0 fully saturated rings. The van der Waals surface area contributed by atoms with Gasteiger partial charge in [-0.2, -0.15) is 7.82 Å². The van der Waals surface area contributed by atoms with Gasteiger partial charge < -0.3 is 19.2 Å². The average molecular weight is 245 g/mol. The Labute approximate surface area is 84.2 Å². The van der Waals surface area contributed by atoms with E-state index in [4.69, 9.17) is 19.2 Å². The van der Waals surface area contributed by atoms with Crippen LogP contribution >= 0.6 is 7.82 Å². The third kappa shape index (κ3) is 11.8. The molecule has 0 amide bonds. The molecule has 6 heteroatoms. The Hall–Kier alpha value is -0.176. The first-order valence-electron chi connectivity index (χ1n) is 3.22. The van der Waals surface area contributed by atoms with Crippen molar-refractivity contribution in [3.63, 3.8) is 0 Å². The van der Waals surface area contributed by atoms with Crippen LogP contribution in [0.4, 0.5) is 0 Å². The van der Waals surface area contributed by atoms with Gasteiger partial charge >= 0.3 is 56.8 Å². The van der Waals surface area contributed by atoms with Gasteiger partial charge in [-0.15, -0.1) is 0 Å². The van der Waals surface area contributed by atoms with Crippen LogP contribution in [0.15, 0.2) is 30.3 Å². The van der Waals surface area contributed by atoms with Gasteiger partial charge in [0, 0.05) is 0 Å². The molecule has 0 aliphatic carbocycles. The monoisotopic (exact) mass is 244 g/mol. The third-order valence-corrected chi connectivity index (χ3v) is 1.38. The molecular weight excluding hydrogens is 238 g/mol. The fraction of sp³-hybridized carbons (Fsp3) is 0.143. The van der Waals surface area contributed by atoms with E-state index in [0.29, 0.717) is 0 Å². The van der Waals surface area contributed by atoms with Crippen LogP contribution in [0.3, 0.4) is 0 Å². The van der Waals surface area contributed by atoms with Crippen LogP contribution in [-0.4, -0.2) is 0 Å². The van der Waals surface area contributed by atoms with Crippen molar-refractivity contribution in [2.24, 2.45) is 0 Å². The van der Waals surface area contributed by atoms with Gasteiger partial charge in [0.1, 0.15) is 0 Å². The van der Waals surface area contributed by atoms with Crippen molar-refractivity contribution < 1.29 is 34.7 Å². The summed E-state index contributed by atoms with van der Waals surface area (Å²) in [7, 11) is -5.39. The molecule has 0 radical (unpaired) electrons. The van der Waals surface area contributed by atoms with Gasteiger partial charge in [-0.05, 0) is 0 Å². The molecule has 0 aromatic heterocycles. The molecule has 13 heavy (non-hydrogen) atoms. The van der Waals surface area contributed by atoms with Crippen molar-refractivity contribution in [3.05, 3.63) is 35.9 Å². The molecule has 0 N–H and O–H groups in total. The Kier molecular flexibility index (Phi) is 6.22. The fourth-order valence-electron chi connectivity index (χ4n) is 0.553. The van der Waals surface area contributed by atoms with Crippen LogP contribution in [0, 0.1) is 0 Å². The molecule has 0 unspecified atom stereocenters. The molecule has 0 spiro atoms.